The fourth-order valence-electron chi connectivity index (χ4n) is 2.65. The van der Waals surface area contributed by atoms with E-state index in [1.165, 1.54) is 37.9 Å². The number of rotatable bonds is 5. The Morgan fingerprint density at radius 3 is 2.94 bits per heavy atom. The molecule has 0 saturated carbocycles. The molecule has 0 bridgehead atoms. The Kier molecular flexibility index (Phi) is 4.37. The van der Waals surface area contributed by atoms with Crippen molar-refractivity contribution in [2.45, 2.75) is 39.2 Å². The molecule has 0 spiro atoms. The lowest BCUT2D eigenvalue weighted by Crippen LogP contribution is -2.24. The zero-order valence-electron chi connectivity index (χ0n) is 10.9. The van der Waals surface area contributed by atoms with Gasteiger partial charge in [-0.05, 0) is 50.9 Å². The zero-order chi connectivity index (χ0) is 12.1. The summed E-state index contributed by atoms with van der Waals surface area (Å²) in [7, 11) is 0. The van der Waals surface area contributed by atoms with E-state index in [1.54, 1.807) is 0 Å². The number of pyridine rings is 1. The van der Waals surface area contributed by atoms with Crippen molar-refractivity contribution in [3.63, 3.8) is 0 Å². The zero-order valence-corrected chi connectivity index (χ0v) is 10.9. The summed E-state index contributed by atoms with van der Waals surface area (Å²) in [5.74, 6) is 0.983. The van der Waals surface area contributed by atoms with Crippen LogP contribution in [0.2, 0.25) is 0 Å². The molecule has 2 heterocycles. The van der Waals surface area contributed by atoms with Gasteiger partial charge in [-0.15, -0.1) is 0 Å². The maximum absolute atomic E-state index is 4.47. The van der Waals surface area contributed by atoms with E-state index in [0.717, 1.165) is 12.4 Å². The molecule has 1 aromatic heterocycles. The second-order valence-electron chi connectivity index (χ2n) is 4.70. The average Bonchev–Trinajstić information content (AvgIpc) is 2.79. The third kappa shape index (κ3) is 2.97. The highest BCUT2D eigenvalue weighted by atomic mass is 15.2. The number of hydrogen-bond acceptors (Lipinski definition) is 3. The molecule has 94 valence electrons. The van der Waals surface area contributed by atoms with E-state index in [2.05, 4.69) is 41.2 Å². The van der Waals surface area contributed by atoms with E-state index >= 15 is 0 Å². The molecule has 1 saturated heterocycles. The first-order valence-electron chi connectivity index (χ1n) is 6.79. The number of nitrogens with one attached hydrogen (secondary N) is 1. The number of nitrogens with zero attached hydrogens (tertiary/aromatic N) is 2. The van der Waals surface area contributed by atoms with Gasteiger partial charge in [0.25, 0.3) is 0 Å². The monoisotopic (exact) mass is 233 g/mol. The van der Waals surface area contributed by atoms with Crippen LogP contribution in [0.5, 0.6) is 0 Å². The molecule has 1 aromatic rings. The van der Waals surface area contributed by atoms with Crippen LogP contribution in [0.25, 0.3) is 0 Å². The van der Waals surface area contributed by atoms with Gasteiger partial charge >= 0.3 is 0 Å². The van der Waals surface area contributed by atoms with Gasteiger partial charge in [-0.3, -0.25) is 4.90 Å². The predicted octanol–water partition coefficient (Wildman–Crippen LogP) is 3.06. The van der Waals surface area contributed by atoms with Gasteiger partial charge in [0.05, 0.1) is 0 Å². The van der Waals surface area contributed by atoms with Gasteiger partial charge in [0.2, 0.25) is 0 Å². The Morgan fingerprint density at radius 1 is 1.41 bits per heavy atom. The Hall–Kier alpha value is -1.09. The molecule has 0 radical (unpaired) electrons. The lowest BCUT2D eigenvalue weighted by atomic mass is 10.1. The van der Waals surface area contributed by atoms with Crippen molar-refractivity contribution >= 4 is 5.82 Å². The predicted molar refractivity (Wildman–Crippen MR) is 72.2 cm³/mol. The van der Waals surface area contributed by atoms with Gasteiger partial charge in [-0.1, -0.05) is 13.0 Å². The highest BCUT2D eigenvalue weighted by Gasteiger charge is 2.25. The van der Waals surface area contributed by atoms with Gasteiger partial charge in [0.1, 0.15) is 5.82 Å². The van der Waals surface area contributed by atoms with Crippen LogP contribution >= 0.6 is 0 Å². The van der Waals surface area contributed by atoms with Gasteiger partial charge in [-0.2, -0.15) is 0 Å². The molecule has 1 atom stereocenters. The van der Waals surface area contributed by atoms with E-state index in [0.29, 0.717) is 6.04 Å². The van der Waals surface area contributed by atoms with Crippen molar-refractivity contribution in [1.82, 2.24) is 9.88 Å². The SMILES string of the molecule is CCCN1CCC[C@@H]1c1ccc(NCC)nc1. The fourth-order valence-corrected chi connectivity index (χ4v) is 2.65. The van der Waals surface area contributed by atoms with Crippen molar-refractivity contribution in [1.29, 1.82) is 0 Å². The van der Waals surface area contributed by atoms with Crippen molar-refractivity contribution in [2.75, 3.05) is 25.0 Å². The largest absolute Gasteiger partial charge is 0.370 e. The van der Waals surface area contributed by atoms with Crippen LogP contribution in [-0.4, -0.2) is 29.5 Å². The molecule has 1 N–H and O–H groups in total. The van der Waals surface area contributed by atoms with Crippen LogP contribution in [0.15, 0.2) is 18.3 Å². The molecule has 3 nitrogen and oxygen atoms in total. The van der Waals surface area contributed by atoms with Crippen LogP contribution in [-0.2, 0) is 0 Å². The summed E-state index contributed by atoms with van der Waals surface area (Å²) in [5, 5.41) is 3.24. The minimum atomic E-state index is 0.595. The van der Waals surface area contributed by atoms with Crippen LogP contribution in [0.4, 0.5) is 5.82 Å². The van der Waals surface area contributed by atoms with Crippen LogP contribution < -0.4 is 5.32 Å². The van der Waals surface area contributed by atoms with Crippen LogP contribution in [0.3, 0.4) is 0 Å². The summed E-state index contributed by atoms with van der Waals surface area (Å²) in [6.45, 7) is 7.72. The Labute approximate surface area is 104 Å². The average molecular weight is 233 g/mol. The first-order chi connectivity index (χ1) is 8.35. The van der Waals surface area contributed by atoms with E-state index in [4.69, 9.17) is 0 Å². The van der Waals surface area contributed by atoms with E-state index in [1.807, 2.05) is 6.20 Å². The highest BCUT2D eigenvalue weighted by molar-refractivity contribution is 5.36. The molecule has 1 aliphatic rings. The maximum atomic E-state index is 4.47. The third-order valence-corrected chi connectivity index (χ3v) is 3.40. The summed E-state index contributed by atoms with van der Waals surface area (Å²) in [5.41, 5.74) is 1.37. The van der Waals surface area contributed by atoms with Gasteiger partial charge < -0.3 is 5.32 Å². The summed E-state index contributed by atoms with van der Waals surface area (Å²) in [4.78, 5) is 7.06. The number of hydrogen-bond donors (Lipinski definition) is 1. The smallest absolute Gasteiger partial charge is 0.125 e. The second-order valence-corrected chi connectivity index (χ2v) is 4.70. The molecule has 2 rings (SSSR count). The van der Waals surface area contributed by atoms with Gasteiger partial charge in [0.15, 0.2) is 0 Å². The molecule has 0 aliphatic carbocycles. The second kappa shape index (κ2) is 6.01. The van der Waals surface area contributed by atoms with Gasteiger partial charge in [-0.25, -0.2) is 4.98 Å². The Morgan fingerprint density at radius 2 is 2.29 bits per heavy atom. The molecule has 3 heteroatoms. The quantitative estimate of drug-likeness (QED) is 0.847. The summed E-state index contributed by atoms with van der Waals surface area (Å²) in [6.07, 6.45) is 5.87. The Balaban J connectivity index is 2.05. The Bertz CT molecular complexity index is 334. The van der Waals surface area contributed by atoms with Crippen molar-refractivity contribution in [3.05, 3.63) is 23.9 Å². The molecule has 0 amide bonds. The fraction of sp³-hybridized carbons (Fsp3) is 0.643. The highest BCUT2D eigenvalue weighted by Crippen LogP contribution is 2.31. The van der Waals surface area contributed by atoms with Crippen molar-refractivity contribution in [3.8, 4) is 0 Å². The van der Waals surface area contributed by atoms with Crippen LogP contribution in [0, 0.1) is 0 Å². The molecule has 1 fully saturated rings. The third-order valence-electron chi connectivity index (χ3n) is 3.40. The topological polar surface area (TPSA) is 28.2 Å². The van der Waals surface area contributed by atoms with Crippen molar-refractivity contribution < 1.29 is 0 Å². The lowest BCUT2D eigenvalue weighted by molar-refractivity contribution is 0.257. The summed E-state index contributed by atoms with van der Waals surface area (Å²) >= 11 is 0. The molecule has 0 aromatic carbocycles. The van der Waals surface area contributed by atoms with Gasteiger partial charge in [0, 0.05) is 18.8 Å². The molecule has 1 aliphatic heterocycles. The van der Waals surface area contributed by atoms with E-state index in [-0.39, 0.29) is 0 Å². The molecular weight excluding hydrogens is 210 g/mol. The van der Waals surface area contributed by atoms with E-state index in [9.17, 15) is 0 Å². The van der Waals surface area contributed by atoms with Crippen LogP contribution in [0.1, 0.15) is 44.7 Å². The minimum Gasteiger partial charge on any atom is -0.370 e. The lowest BCUT2D eigenvalue weighted by Gasteiger charge is -2.24. The minimum absolute atomic E-state index is 0.595. The number of aromatic nitrogens is 1. The summed E-state index contributed by atoms with van der Waals surface area (Å²) < 4.78 is 0. The van der Waals surface area contributed by atoms with Crippen molar-refractivity contribution in [2.24, 2.45) is 0 Å². The normalized spacial score (nSPS) is 20.7. The molecule has 17 heavy (non-hydrogen) atoms. The molecular formula is C14H23N3. The first kappa shape index (κ1) is 12.4. The number of likely N-dealkylation sites (tertiary alicyclic amines) is 1. The first-order valence-corrected chi connectivity index (χ1v) is 6.79. The number of anilines is 1. The standard InChI is InChI=1S/C14H23N3/c1-3-9-17-10-5-6-13(17)12-7-8-14(15-4-2)16-11-12/h7-8,11,13H,3-6,9-10H2,1-2H3,(H,15,16)/t13-/m1/s1. The maximum Gasteiger partial charge on any atom is 0.125 e. The molecule has 0 unspecified atom stereocenters. The summed E-state index contributed by atoms with van der Waals surface area (Å²) in [6, 6.07) is 4.92. The van der Waals surface area contributed by atoms with E-state index < -0.39 is 0 Å².